The van der Waals surface area contributed by atoms with Crippen LogP contribution in [0.15, 0.2) is 160 Å². The second-order valence-electron chi connectivity index (χ2n) is 12.6. The van der Waals surface area contributed by atoms with Gasteiger partial charge in [-0.2, -0.15) is 4.99 Å². The summed E-state index contributed by atoms with van der Waals surface area (Å²) < 4.78 is 11.7. The van der Waals surface area contributed by atoms with Gasteiger partial charge in [-0.15, -0.1) is 11.3 Å². The number of fused-ring (bicyclic) bond motifs is 13. The molecular weight excluding hydrogens is 621 g/mol. The molecule has 0 saturated carbocycles. The van der Waals surface area contributed by atoms with Crippen molar-refractivity contribution in [1.82, 2.24) is 9.88 Å². The standard InChI is InChI=1S/C43H26N4OS/c1-2-13-26(14-3-1)41-44-42(28-23-22-25-12-4-5-15-27(25)24-28)46-43(45-41)47-32-19-9-6-16-29(32)37-38(47)39-35(30-17-7-10-20-33(30)48-39)36-31-18-8-11-21-34(31)49-40(36)37/h1-24,42H,(H,44,45,46). The topological polar surface area (TPSA) is 54.8 Å². The molecule has 1 unspecified atom stereocenters. The van der Waals surface area contributed by atoms with Crippen LogP contribution in [0.2, 0.25) is 0 Å². The third-order valence-corrected chi connectivity index (χ3v) is 11.0. The van der Waals surface area contributed by atoms with Gasteiger partial charge < -0.3 is 9.73 Å². The molecule has 0 aliphatic carbocycles. The van der Waals surface area contributed by atoms with Gasteiger partial charge in [0, 0.05) is 47.3 Å². The molecule has 0 bridgehead atoms. The number of benzene rings is 7. The van der Waals surface area contributed by atoms with E-state index in [2.05, 4.69) is 131 Å². The van der Waals surface area contributed by atoms with Crippen LogP contribution in [-0.2, 0) is 0 Å². The first kappa shape index (κ1) is 26.8. The number of aromatic nitrogens is 1. The number of rotatable bonds is 2. The summed E-state index contributed by atoms with van der Waals surface area (Å²) in [5.41, 5.74) is 5.83. The Bertz CT molecular complexity index is 3040. The minimum absolute atomic E-state index is 0.359. The van der Waals surface area contributed by atoms with Crippen molar-refractivity contribution in [3.63, 3.8) is 0 Å². The van der Waals surface area contributed by atoms with Gasteiger partial charge in [-0.1, -0.05) is 121 Å². The molecule has 0 radical (unpaired) electrons. The second kappa shape index (κ2) is 10.1. The molecule has 1 N–H and O–H groups in total. The van der Waals surface area contributed by atoms with E-state index in [1.54, 1.807) is 0 Å². The van der Waals surface area contributed by atoms with E-state index in [-0.39, 0.29) is 6.17 Å². The maximum absolute atomic E-state index is 6.90. The second-order valence-corrected chi connectivity index (χ2v) is 13.6. The summed E-state index contributed by atoms with van der Waals surface area (Å²) in [6, 6.07) is 51.0. The molecule has 1 atom stereocenters. The molecule has 0 amide bonds. The summed E-state index contributed by atoms with van der Waals surface area (Å²) in [5, 5.41) is 13.2. The molecule has 1 aliphatic rings. The Balaban J connectivity index is 1.27. The SMILES string of the molecule is c1ccc(C2=NC(c3ccc4ccccc4c3)NC(n3c4ccccc4c4c5sc6ccccc6c5c5c6ccccc6oc5c43)=N2)cc1. The summed E-state index contributed by atoms with van der Waals surface area (Å²) in [7, 11) is 0. The van der Waals surface area contributed by atoms with Gasteiger partial charge in [0.1, 0.15) is 17.3 Å². The number of nitrogens with one attached hydrogen (secondary N) is 1. The van der Waals surface area contributed by atoms with Gasteiger partial charge in [0.2, 0.25) is 5.96 Å². The number of amidine groups is 1. The number of hydrogen-bond donors (Lipinski definition) is 1. The van der Waals surface area contributed by atoms with E-state index in [9.17, 15) is 0 Å². The van der Waals surface area contributed by atoms with Crippen molar-refractivity contribution < 1.29 is 4.42 Å². The van der Waals surface area contributed by atoms with Crippen LogP contribution in [0.5, 0.6) is 0 Å². The van der Waals surface area contributed by atoms with Crippen LogP contribution in [-0.4, -0.2) is 16.4 Å². The zero-order chi connectivity index (χ0) is 32.1. The maximum Gasteiger partial charge on any atom is 0.212 e. The normalized spacial score (nSPS) is 15.1. The Morgan fingerprint density at radius 1 is 0.633 bits per heavy atom. The average molecular weight is 647 g/mol. The molecule has 49 heavy (non-hydrogen) atoms. The molecule has 5 nitrogen and oxygen atoms in total. The minimum atomic E-state index is -0.359. The smallest absolute Gasteiger partial charge is 0.212 e. The van der Waals surface area contributed by atoms with Gasteiger partial charge in [0.25, 0.3) is 0 Å². The fraction of sp³-hybridized carbons (Fsp3) is 0.0233. The van der Waals surface area contributed by atoms with Crippen molar-refractivity contribution in [2.75, 3.05) is 0 Å². The monoisotopic (exact) mass is 646 g/mol. The molecule has 0 fully saturated rings. The van der Waals surface area contributed by atoms with Gasteiger partial charge in [-0.25, -0.2) is 4.99 Å². The van der Waals surface area contributed by atoms with Crippen molar-refractivity contribution in [2.24, 2.45) is 9.98 Å². The molecule has 230 valence electrons. The Morgan fingerprint density at radius 3 is 2.27 bits per heavy atom. The van der Waals surface area contributed by atoms with Crippen LogP contribution in [0, 0.1) is 0 Å². The van der Waals surface area contributed by atoms with Crippen molar-refractivity contribution in [3.8, 4) is 0 Å². The number of para-hydroxylation sites is 2. The zero-order valence-electron chi connectivity index (χ0n) is 26.1. The lowest BCUT2D eigenvalue weighted by atomic mass is 10.0. The van der Waals surface area contributed by atoms with E-state index in [4.69, 9.17) is 14.4 Å². The van der Waals surface area contributed by atoms with Crippen molar-refractivity contribution in [1.29, 1.82) is 0 Å². The van der Waals surface area contributed by atoms with E-state index in [1.807, 2.05) is 35.6 Å². The highest BCUT2D eigenvalue weighted by Crippen LogP contribution is 2.49. The van der Waals surface area contributed by atoms with Gasteiger partial charge in [-0.05, 0) is 40.6 Å². The van der Waals surface area contributed by atoms with Gasteiger partial charge in [0.05, 0.1) is 5.52 Å². The van der Waals surface area contributed by atoms with Crippen molar-refractivity contribution in [3.05, 3.63) is 157 Å². The fourth-order valence-electron chi connectivity index (χ4n) is 7.65. The molecule has 0 saturated heterocycles. The van der Waals surface area contributed by atoms with E-state index < -0.39 is 0 Å². The first-order chi connectivity index (χ1) is 24.3. The number of furan rings is 1. The third-order valence-electron chi connectivity index (χ3n) is 9.82. The lowest BCUT2D eigenvalue weighted by molar-refractivity contribution is 0.659. The molecule has 10 aromatic rings. The molecule has 11 rings (SSSR count). The van der Waals surface area contributed by atoms with Crippen LogP contribution in [0.4, 0.5) is 0 Å². The van der Waals surface area contributed by atoms with Crippen LogP contribution in [0.1, 0.15) is 17.3 Å². The molecule has 7 aromatic carbocycles. The number of nitrogens with zero attached hydrogens (tertiary/aromatic N) is 3. The van der Waals surface area contributed by atoms with Crippen LogP contribution >= 0.6 is 11.3 Å². The van der Waals surface area contributed by atoms with E-state index >= 15 is 0 Å². The molecule has 0 spiro atoms. The highest BCUT2D eigenvalue weighted by molar-refractivity contribution is 7.27. The lowest BCUT2D eigenvalue weighted by Gasteiger charge is -2.25. The Kier molecular flexibility index (Phi) is 5.54. The predicted octanol–water partition coefficient (Wildman–Crippen LogP) is 11.2. The molecule has 1 aliphatic heterocycles. The van der Waals surface area contributed by atoms with Gasteiger partial charge in [0.15, 0.2) is 11.4 Å². The van der Waals surface area contributed by atoms with E-state index in [0.29, 0.717) is 11.8 Å². The lowest BCUT2D eigenvalue weighted by Crippen LogP contribution is -2.37. The summed E-state index contributed by atoms with van der Waals surface area (Å²) in [6.07, 6.45) is -0.359. The first-order valence-electron chi connectivity index (χ1n) is 16.5. The third kappa shape index (κ3) is 3.86. The van der Waals surface area contributed by atoms with E-state index in [0.717, 1.165) is 49.5 Å². The van der Waals surface area contributed by atoms with Crippen molar-refractivity contribution >= 4 is 97.8 Å². The number of hydrogen-bond acceptors (Lipinski definition) is 5. The Hall–Kier alpha value is -6.24. The molecule has 6 heteroatoms. The van der Waals surface area contributed by atoms with E-state index in [1.165, 1.54) is 36.3 Å². The summed E-state index contributed by atoms with van der Waals surface area (Å²) in [6.45, 7) is 0. The fourth-order valence-corrected chi connectivity index (χ4v) is 8.92. The highest BCUT2D eigenvalue weighted by atomic mass is 32.1. The number of thiophene rings is 1. The maximum atomic E-state index is 6.90. The molecular formula is C43H26N4OS. The van der Waals surface area contributed by atoms with Gasteiger partial charge >= 0.3 is 0 Å². The summed E-state index contributed by atoms with van der Waals surface area (Å²) in [4.78, 5) is 10.5. The Labute approximate surface area is 284 Å². The first-order valence-corrected chi connectivity index (χ1v) is 17.3. The van der Waals surface area contributed by atoms with Gasteiger partial charge in [-0.3, -0.25) is 4.57 Å². The minimum Gasteiger partial charge on any atom is -0.454 e. The van der Waals surface area contributed by atoms with Crippen LogP contribution in [0.25, 0.3) is 74.7 Å². The zero-order valence-corrected chi connectivity index (χ0v) is 26.9. The quantitative estimate of drug-likeness (QED) is 0.203. The highest BCUT2D eigenvalue weighted by Gasteiger charge is 2.29. The van der Waals surface area contributed by atoms with Crippen molar-refractivity contribution in [2.45, 2.75) is 6.17 Å². The summed E-state index contributed by atoms with van der Waals surface area (Å²) >= 11 is 1.85. The van der Waals surface area contributed by atoms with Crippen LogP contribution in [0.3, 0.4) is 0 Å². The number of aliphatic imine (C=N–C) groups is 2. The predicted molar refractivity (Wildman–Crippen MR) is 205 cm³/mol. The Morgan fingerprint density at radius 2 is 1.37 bits per heavy atom. The molecule has 4 heterocycles. The summed E-state index contributed by atoms with van der Waals surface area (Å²) in [5.74, 6) is 1.39. The molecule has 3 aromatic heterocycles. The average Bonchev–Trinajstić information content (AvgIpc) is 3.84. The van der Waals surface area contributed by atoms with Crippen LogP contribution < -0.4 is 5.32 Å². The largest absolute Gasteiger partial charge is 0.454 e.